The van der Waals surface area contributed by atoms with Crippen molar-refractivity contribution in [2.24, 2.45) is 4.99 Å². The summed E-state index contributed by atoms with van der Waals surface area (Å²) in [7, 11) is 1.68. The average Bonchev–Trinajstić information content (AvgIpc) is 3.13. The minimum Gasteiger partial charge on any atom is -0.373 e. The summed E-state index contributed by atoms with van der Waals surface area (Å²) in [5.74, 6) is 0.644. The lowest BCUT2D eigenvalue weighted by molar-refractivity contribution is -0.137. The standard InChI is InChI=1S/C16H20F3N3O.HI/c1-20-15(22-13-8-12-6-7-14(13)23-12)21-9-10-2-4-11(5-3-10)16(17,18)19;/h2-5,12-14H,6-9H2,1H3,(H2,20,21,22);1H. The van der Waals surface area contributed by atoms with E-state index >= 15 is 0 Å². The normalized spacial score (nSPS) is 26.2. The highest BCUT2D eigenvalue weighted by Gasteiger charge is 2.41. The van der Waals surface area contributed by atoms with E-state index < -0.39 is 11.7 Å². The smallest absolute Gasteiger partial charge is 0.373 e. The molecule has 3 unspecified atom stereocenters. The molecule has 3 rings (SSSR count). The van der Waals surface area contributed by atoms with E-state index in [1.54, 1.807) is 7.05 Å². The van der Waals surface area contributed by atoms with Gasteiger partial charge in [-0.15, -0.1) is 24.0 Å². The van der Waals surface area contributed by atoms with Crippen molar-refractivity contribution in [3.8, 4) is 0 Å². The fourth-order valence-corrected chi connectivity index (χ4v) is 3.16. The van der Waals surface area contributed by atoms with Crippen molar-refractivity contribution in [2.75, 3.05) is 7.05 Å². The van der Waals surface area contributed by atoms with Crippen LogP contribution >= 0.6 is 24.0 Å². The number of ether oxygens (including phenoxy) is 1. The van der Waals surface area contributed by atoms with E-state index in [0.717, 1.165) is 37.0 Å². The number of nitrogens with zero attached hydrogens (tertiary/aromatic N) is 1. The molecule has 0 spiro atoms. The third kappa shape index (κ3) is 4.53. The maximum Gasteiger partial charge on any atom is 0.416 e. The fraction of sp³-hybridized carbons (Fsp3) is 0.562. The van der Waals surface area contributed by atoms with Crippen molar-refractivity contribution in [1.82, 2.24) is 10.6 Å². The maximum atomic E-state index is 12.5. The molecular weight excluding hydrogens is 434 g/mol. The molecule has 4 nitrogen and oxygen atoms in total. The minimum absolute atomic E-state index is 0. The lowest BCUT2D eigenvalue weighted by atomic mass is 9.96. The summed E-state index contributed by atoms with van der Waals surface area (Å²) in [6, 6.07) is 5.40. The minimum atomic E-state index is -4.30. The molecule has 1 aromatic rings. The van der Waals surface area contributed by atoms with Crippen molar-refractivity contribution >= 4 is 29.9 Å². The highest BCUT2D eigenvalue weighted by molar-refractivity contribution is 14.0. The number of hydrogen-bond donors (Lipinski definition) is 2. The van der Waals surface area contributed by atoms with Gasteiger partial charge in [0.25, 0.3) is 0 Å². The summed E-state index contributed by atoms with van der Waals surface area (Å²) in [6.45, 7) is 0.416. The zero-order valence-electron chi connectivity index (χ0n) is 13.3. The number of nitrogens with one attached hydrogen (secondary N) is 2. The molecule has 3 atom stereocenters. The maximum absolute atomic E-state index is 12.5. The molecule has 0 aromatic heterocycles. The number of guanidine groups is 1. The van der Waals surface area contributed by atoms with Crippen LogP contribution in [0.25, 0.3) is 0 Å². The van der Waals surface area contributed by atoms with Crippen molar-refractivity contribution in [1.29, 1.82) is 0 Å². The summed E-state index contributed by atoms with van der Waals surface area (Å²) < 4.78 is 43.4. The Morgan fingerprint density at radius 2 is 1.96 bits per heavy atom. The van der Waals surface area contributed by atoms with Gasteiger partial charge < -0.3 is 15.4 Å². The second kappa shape index (κ2) is 7.90. The average molecular weight is 455 g/mol. The molecule has 2 saturated heterocycles. The van der Waals surface area contributed by atoms with Crippen LogP contribution in [0, 0.1) is 0 Å². The summed E-state index contributed by atoms with van der Waals surface area (Å²) >= 11 is 0. The third-order valence-electron chi connectivity index (χ3n) is 4.39. The Morgan fingerprint density at radius 1 is 1.25 bits per heavy atom. The predicted molar refractivity (Wildman–Crippen MR) is 96.5 cm³/mol. The topological polar surface area (TPSA) is 45.7 Å². The van der Waals surface area contributed by atoms with Crippen LogP contribution < -0.4 is 10.6 Å². The van der Waals surface area contributed by atoms with Gasteiger partial charge in [-0.25, -0.2) is 0 Å². The lowest BCUT2D eigenvalue weighted by Gasteiger charge is -2.22. The number of alkyl halides is 3. The van der Waals surface area contributed by atoms with Crippen molar-refractivity contribution in [3.63, 3.8) is 0 Å². The Morgan fingerprint density at radius 3 is 2.46 bits per heavy atom. The predicted octanol–water partition coefficient (Wildman–Crippen LogP) is 3.31. The Labute approximate surface area is 156 Å². The molecule has 2 heterocycles. The molecule has 0 amide bonds. The van der Waals surface area contributed by atoms with Crippen LogP contribution in [0.3, 0.4) is 0 Å². The largest absolute Gasteiger partial charge is 0.416 e. The highest BCUT2D eigenvalue weighted by Crippen LogP contribution is 2.34. The van der Waals surface area contributed by atoms with E-state index in [1.807, 2.05) is 0 Å². The molecule has 24 heavy (non-hydrogen) atoms. The van der Waals surface area contributed by atoms with Gasteiger partial charge in [-0.1, -0.05) is 12.1 Å². The first-order valence-corrected chi connectivity index (χ1v) is 7.74. The first-order chi connectivity index (χ1) is 11.0. The second-order valence-corrected chi connectivity index (χ2v) is 5.98. The molecule has 2 N–H and O–H groups in total. The van der Waals surface area contributed by atoms with Crippen molar-refractivity contribution in [2.45, 2.75) is 50.2 Å². The Kier molecular flexibility index (Phi) is 6.35. The van der Waals surface area contributed by atoms with E-state index in [-0.39, 0.29) is 36.1 Å². The van der Waals surface area contributed by atoms with Crippen LogP contribution in [0.15, 0.2) is 29.3 Å². The van der Waals surface area contributed by atoms with Crippen LogP contribution in [0.2, 0.25) is 0 Å². The molecule has 2 fully saturated rings. The van der Waals surface area contributed by atoms with E-state index in [4.69, 9.17) is 4.74 Å². The summed E-state index contributed by atoms with van der Waals surface area (Å²) in [5.41, 5.74) is 0.132. The van der Waals surface area contributed by atoms with Crippen molar-refractivity contribution in [3.05, 3.63) is 35.4 Å². The van der Waals surface area contributed by atoms with E-state index in [1.165, 1.54) is 12.1 Å². The molecule has 2 aliphatic heterocycles. The fourth-order valence-electron chi connectivity index (χ4n) is 3.16. The first-order valence-electron chi connectivity index (χ1n) is 7.74. The van der Waals surface area contributed by atoms with Gasteiger partial charge in [-0.05, 0) is 37.0 Å². The number of benzene rings is 1. The van der Waals surface area contributed by atoms with E-state index in [2.05, 4.69) is 15.6 Å². The Bertz CT molecular complexity index is 577. The number of rotatable bonds is 3. The summed E-state index contributed by atoms with van der Waals surface area (Å²) in [4.78, 5) is 4.17. The van der Waals surface area contributed by atoms with Gasteiger partial charge in [0.05, 0.1) is 23.8 Å². The van der Waals surface area contributed by atoms with Crippen LogP contribution in [-0.2, 0) is 17.5 Å². The summed E-state index contributed by atoms with van der Waals surface area (Å²) in [6.07, 6.45) is -0.537. The Balaban J connectivity index is 0.00000208. The molecule has 134 valence electrons. The zero-order valence-corrected chi connectivity index (χ0v) is 15.6. The SMILES string of the molecule is CN=C(NCc1ccc(C(F)(F)F)cc1)NC1CC2CCC1O2.I. The monoisotopic (exact) mass is 455 g/mol. The van der Waals surface area contributed by atoms with Gasteiger partial charge >= 0.3 is 6.18 Å². The number of halogens is 4. The third-order valence-corrected chi connectivity index (χ3v) is 4.39. The van der Waals surface area contributed by atoms with Gasteiger partial charge in [0.2, 0.25) is 0 Å². The van der Waals surface area contributed by atoms with Crippen LogP contribution in [0.4, 0.5) is 13.2 Å². The van der Waals surface area contributed by atoms with Crippen molar-refractivity contribution < 1.29 is 17.9 Å². The van der Waals surface area contributed by atoms with Gasteiger partial charge in [0.1, 0.15) is 0 Å². The molecule has 0 radical (unpaired) electrons. The molecular formula is C16H21F3IN3O. The summed E-state index contributed by atoms with van der Waals surface area (Å²) in [5, 5.41) is 6.47. The van der Waals surface area contributed by atoms with Crippen LogP contribution in [0.5, 0.6) is 0 Å². The van der Waals surface area contributed by atoms with E-state index in [9.17, 15) is 13.2 Å². The quantitative estimate of drug-likeness (QED) is 0.418. The molecule has 0 aliphatic carbocycles. The second-order valence-electron chi connectivity index (χ2n) is 5.98. The van der Waals surface area contributed by atoms with Gasteiger partial charge in [0, 0.05) is 13.6 Å². The molecule has 2 bridgehead atoms. The van der Waals surface area contributed by atoms with Gasteiger partial charge in [-0.2, -0.15) is 13.2 Å². The number of aliphatic imine (C=N–C) groups is 1. The molecule has 1 aromatic carbocycles. The lowest BCUT2D eigenvalue weighted by Crippen LogP contribution is -2.47. The van der Waals surface area contributed by atoms with Crippen LogP contribution in [0.1, 0.15) is 30.4 Å². The molecule has 2 aliphatic rings. The number of hydrogen-bond acceptors (Lipinski definition) is 2. The number of fused-ring (bicyclic) bond motifs is 2. The van der Waals surface area contributed by atoms with Gasteiger partial charge in [-0.3, -0.25) is 4.99 Å². The van der Waals surface area contributed by atoms with E-state index in [0.29, 0.717) is 18.6 Å². The Hall–Kier alpha value is -1.03. The van der Waals surface area contributed by atoms with Crippen LogP contribution in [-0.4, -0.2) is 31.3 Å². The van der Waals surface area contributed by atoms with Gasteiger partial charge in [0.15, 0.2) is 5.96 Å². The molecule has 0 saturated carbocycles. The highest BCUT2D eigenvalue weighted by atomic mass is 127. The molecule has 8 heteroatoms. The zero-order chi connectivity index (χ0) is 16.4. The first kappa shape index (κ1) is 19.3.